The zero-order chi connectivity index (χ0) is 9.68. The number of aliphatic hydroxyl groups is 1. The zero-order valence-corrected chi connectivity index (χ0v) is 8.16. The van der Waals surface area contributed by atoms with E-state index in [9.17, 15) is 0 Å². The average molecular weight is 180 g/mol. The van der Waals surface area contributed by atoms with Crippen molar-refractivity contribution in [2.75, 3.05) is 6.61 Å². The highest BCUT2D eigenvalue weighted by atomic mass is 16.5. The summed E-state index contributed by atoms with van der Waals surface area (Å²) in [6.07, 6.45) is 0.922. The number of benzene rings is 1. The largest absolute Gasteiger partial charge is 0.491 e. The summed E-state index contributed by atoms with van der Waals surface area (Å²) >= 11 is 0. The van der Waals surface area contributed by atoms with Crippen molar-refractivity contribution in [3.8, 4) is 5.75 Å². The van der Waals surface area contributed by atoms with Crippen molar-refractivity contribution in [1.29, 1.82) is 0 Å². The van der Waals surface area contributed by atoms with Gasteiger partial charge in [-0.05, 0) is 38.0 Å². The average Bonchev–Trinajstić information content (AvgIpc) is 2.08. The number of rotatable bonds is 4. The van der Waals surface area contributed by atoms with Crippen LogP contribution >= 0.6 is 0 Å². The minimum absolute atomic E-state index is 0.199. The Balaban J connectivity index is 2.59. The molecule has 0 atom stereocenters. The number of hydrogen-bond acceptors (Lipinski definition) is 2. The van der Waals surface area contributed by atoms with Gasteiger partial charge < -0.3 is 9.84 Å². The molecule has 0 bridgehead atoms. The fourth-order valence-electron chi connectivity index (χ4n) is 1.14. The van der Waals surface area contributed by atoms with Crippen molar-refractivity contribution in [2.45, 2.75) is 26.4 Å². The third-order valence-electron chi connectivity index (χ3n) is 1.70. The van der Waals surface area contributed by atoms with Crippen LogP contribution in [0.2, 0.25) is 0 Å². The van der Waals surface area contributed by atoms with Crippen LogP contribution in [0.25, 0.3) is 0 Å². The zero-order valence-electron chi connectivity index (χ0n) is 8.16. The van der Waals surface area contributed by atoms with E-state index in [4.69, 9.17) is 9.84 Å². The molecule has 1 aromatic rings. The lowest BCUT2D eigenvalue weighted by molar-refractivity contribution is 0.242. The van der Waals surface area contributed by atoms with Crippen LogP contribution in [0.15, 0.2) is 24.3 Å². The lowest BCUT2D eigenvalue weighted by Gasteiger charge is -2.09. The van der Waals surface area contributed by atoms with Crippen LogP contribution in [-0.4, -0.2) is 17.8 Å². The Labute approximate surface area is 79.2 Å². The van der Waals surface area contributed by atoms with E-state index in [-0.39, 0.29) is 12.7 Å². The maximum atomic E-state index is 8.70. The summed E-state index contributed by atoms with van der Waals surface area (Å²) in [5, 5.41) is 8.70. The topological polar surface area (TPSA) is 29.5 Å². The van der Waals surface area contributed by atoms with Crippen molar-refractivity contribution in [3.63, 3.8) is 0 Å². The molecule has 13 heavy (non-hydrogen) atoms. The van der Waals surface area contributed by atoms with Gasteiger partial charge in [0.2, 0.25) is 0 Å². The van der Waals surface area contributed by atoms with Gasteiger partial charge in [0, 0.05) is 6.61 Å². The van der Waals surface area contributed by atoms with Crippen LogP contribution in [0.1, 0.15) is 19.4 Å². The van der Waals surface area contributed by atoms with Gasteiger partial charge in [0.1, 0.15) is 5.75 Å². The molecule has 2 heteroatoms. The summed E-state index contributed by atoms with van der Waals surface area (Å²) in [4.78, 5) is 0. The first-order chi connectivity index (χ1) is 6.22. The molecular weight excluding hydrogens is 164 g/mol. The Morgan fingerprint density at radius 1 is 1.23 bits per heavy atom. The van der Waals surface area contributed by atoms with Gasteiger partial charge in [-0.3, -0.25) is 0 Å². The van der Waals surface area contributed by atoms with Gasteiger partial charge in [-0.15, -0.1) is 0 Å². The monoisotopic (exact) mass is 180 g/mol. The van der Waals surface area contributed by atoms with Gasteiger partial charge in [0.15, 0.2) is 0 Å². The predicted octanol–water partition coefficient (Wildman–Crippen LogP) is 2.01. The summed E-state index contributed by atoms with van der Waals surface area (Å²) in [6.45, 7) is 4.20. The first-order valence-electron chi connectivity index (χ1n) is 4.59. The summed E-state index contributed by atoms with van der Waals surface area (Å²) < 4.78 is 5.48. The summed E-state index contributed by atoms with van der Waals surface area (Å²) in [7, 11) is 0. The molecule has 2 nitrogen and oxygen atoms in total. The lowest BCUT2D eigenvalue weighted by atomic mass is 10.1. The third-order valence-corrected chi connectivity index (χ3v) is 1.70. The fourth-order valence-corrected chi connectivity index (χ4v) is 1.14. The highest BCUT2D eigenvalue weighted by molar-refractivity contribution is 5.27. The molecule has 0 aliphatic rings. The lowest BCUT2D eigenvalue weighted by Crippen LogP contribution is -2.05. The van der Waals surface area contributed by atoms with E-state index in [1.54, 1.807) is 0 Å². The first-order valence-corrected chi connectivity index (χ1v) is 4.59. The quantitative estimate of drug-likeness (QED) is 0.768. The molecule has 0 unspecified atom stereocenters. The molecule has 0 fully saturated rings. The van der Waals surface area contributed by atoms with Gasteiger partial charge in [-0.1, -0.05) is 12.1 Å². The Hall–Kier alpha value is -1.02. The van der Waals surface area contributed by atoms with Crippen molar-refractivity contribution < 1.29 is 9.84 Å². The molecule has 0 amide bonds. The van der Waals surface area contributed by atoms with Crippen LogP contribution in [0.3, 0.4) is 0 Å². The molecule has 1 aromatic carbocycles. The van der Waals surface area contributed by atoms with Crippen LogP contribution in [0, 0.1) is 0 Å². The first kappa shape index (κ1) is 10.1. The Kier molecular flexibility index (Phi) is 3.77. The van der Waals surface area contributed by atoms with Gasteiger partial charge in [-0.25, -0.2) is 0 Å². The van der Waals surface area contributed by atoms with E-state index in [0.29, 0.717) is 6.42 Å². The van der Waals surface area contributed by atoms with E-state index in [0.717, 1.165) is 11.3 Å². The van der Waals surface area contributed by atoms with Crippen LogP contribution < -0.4 is 4.74 Å². The van der Waals surface area contributed by atoms with Crippen LogP contribution in [-0.2, 0) is 6.42 Å². The smallest absolute Gasteiger partial charge is 0.119 e. The Bertz CT molecular complexity index is 239. The predicted molar refractivity (Wildman–Crippen MR) is 53.0 cm³/mol. The van der Waals surface area contributed by atoms with Crippen LogP contribution in [0.4, 0.5) is 0 Å². The molecule has 72 valence electrons. The van der Waals surface area contributed by atoms with Gasteiger partial charge in [0.25, 0.3) is 0 Å². The highest BCUT2D eigenvalue weighted by Crippen LogP contribution is 2.13. The summed E-state index contributed by atoms with van der Waals surface area (Å²) in [5.41, 5.74) is 1.14. The van der Waals surface area contributed by atoms with Gasteiger partial charge >= 0.3 is 0 Å². The molecule has 0 heterocycles. The van der Waals surface area contributed by atoms with Crippen molar-refractivity contribution in [3.05, 3.63) is 29.8 Å². The van der Waals surface area contributed by atoms with Crippen molar-refractivity contribution in [1.82, 2.24) is 0 Å². The van der Waals surface area contributed by atoms with E-state index in [2.05, 4.69) is 0 Å². The Morgan fingerprint density at radius 2 is 1.85 bits per heavy atom. The minimum atomic E-state index is 0.199. The molecule has 1 N–H and O–H groups in total. The maximum Gasteiger partial charge on any atom is 0.119 e. The van der Waals surface area contributed by atoms with E-state index < -0.39 is 0 Å². The number of aliphatic hydroxyl groups excluding tert-OH is 1. The summed E-state index contributed by atoms with van der Waals surface area (Å²) in [5.74, 6) is 0.886. The second-order valence-electron chi connectivity index (χ2n) is 3.28. The van der Waals surface area contributed by atoms with Crippen LogP contribution in [0.5, 0.6) is 5.75 Å². The number of hydrogen-bond donors (Lipinski definition) is 1. The standard InChI is InChI=1S/C11H16O2/c1-9(2)13-11-5-3-10(4-6-11)7-8-12/h3-6,9,12H,7-8H2,1-2H3. The summed E-state index contributed by atoms with van der Waals surface area (Å²) in [6, 6.07) is 7.83. The van der Waals surface area contributed by atoms with Crippen molar-refractivity contribution >= 4 is 0 Å². The second-order valence-corrected chi connectivity index (χ2v) is 3.28. The molecule has 0 spiro atoms. The van der Waals surface area contributed by atoms with Gasteiger partial charge in [-0.2, -0.15) is 0 Å². The second kappa shape index (κ2) is 4.87. The van der Waals surface area contributed by atoms with Crippen molar-refractivity contribution in [2.24, 2.45) is 0 Å². The molecular formula is C11H16O2. The molecule has 0 aliphatic heterocycles. The third kappa shape index (κ3) is 3.47. The molecule has 0 aromatic heterocycles. The molecule has 0 aliphatic carbocycles. The van der Waals surface area contributed by atoms with E-state index in [1.807, 2.05) is 38.1 Å². The molecule has 0 saturated heterocycles. The number of ether oxygens (including phenoxy) is 1. The molecule has 0 saturated carbocycles. The van der Waals surface area contributed by atoms with E-state index >= 15 is 0 Å². The van der Waals surface area contributed by atoms with E-state index in [1.165, 1.54) is 0 Å². The van der Waals surface area contributed by atoms with Gasteiger partial charge in [0.05, 0.1) is 6.10 Å². The highest BCUT2D eigenvalue weighted by Gasteiger charge is 1.97. The molecule has 1 rings (SSSR count). The maximum absolute atomic E-state index is 8.70. The normalized spacial score (nSPS) is 10.5. The SMILES string of the molecule is CC(C)Oc1ccc(CCO)cc1. The Morgan fingerprint density at radius 3 is 2.31 bits per heavy atom. The molecule has 0 radical (unpaired) electrons. The fraction of sp³-hybridized carbons (Fsp3) is 0.455. The minimum Gasteiger partial charge on any atom is -0.491 e.